The Hall–Kier alpha value is -0.650. The minimum atomic E-state index is -0.997. The highest BCUT2D eigenvalue weighted by Crippen LogP contribution is 2.11. The number of ether oxygens (including phenoxy) is 3. The van der Waals surface area contributed by atoms with E-state index in [-0.39, 0.29) is 13.2 Å². The van der Waals surface area contributed by atoms with Crippen molar-refractivity contribution in [1.82, 2.24) is 0 Å². The van der Waals surface area contributed by atoms with Gasteiger partial charge in [-0.3, -0.25) is 0 Å². The van der Waals surface area contributed by atoms with Crippen molar-refractivity contribution in [2.75, 3.05) is 20.3 Å². The Morgan fingerprint density at radius 3 is 3.00 bits per heavy atom. The van der Waals surface area contributed by atoms with Gasteiger partial charge in [0.05, 0.1) is 13.2 Å². The standard InChI is InChI=1S/C6H10O5/c1-9-3-5-10-2-4(11-5)6(7)8/h4-5H,2-3H2,1H3,(H,7,8)/t4-,5+/m0/s1. The summed E-state index contributed by atoms with van der Waals surface area (Å²) in [6, 6.07) is 0. The van der Waals surface area contributed by atoms with Crippen LogP contribution in [0.2, 0.25) is 0 Å². The minimum Gasteiger partial charge on any atom is -0.479 e. The lowest BCUT2D eigenvalue weighted by atomic mass is 10.4. The lowest BCUT2D eigenvalue weighted by Gasteiger charge is -2.06. The maximum absolute atomic E-state index is 10.3. The second-order valence-electron chi connectivity index (χ2n) is 2.18. The number of aliphatic carboxylic acids is 1. The Kier molecular flexibility index (Phi) is 2.81. The summed E-state index contributed by atoms with van der Waals surface area (Å²) in [6.45, 7) is 0.368. The normalized spacial score (nSPS) is 30.6. The summed E-state index contributed by atoms with van der Waals surface area (Å²) in [4.78, 5) is 10.3. The van der Waals surface area contributed by atoms with Gasteiger partial charge in [0, 0.05) is 7.11 Å². The molecule has 1 aliphatic heterocycles. The second-order valence-corrected chi connectivity index (χ2v) is 2.18. The molecule has 5 nitrogen and oxygen atoms in total. The highest BCUT2D eigenvalue weighted by atomic mass is 16.7. The van der Waals surface area contributed by atoms with Crippen LogP contribution in [0.4, 0.5) is 0 Å². The molecule has 0 aromatic carbocycles. The van der Waals surface area contributed by atoms with E-state index in [1.54, 1.807) is 0 Å². The van der Waals surface area contributed by atoms with Crippen LogP contribution in [0.25, 0.3) is 0 Å². The number of rotatable bonds is 3. The number of carboxylic acid groups (broad SMARTS) is 1. The van der Waals surface area contributed by atoms with Gasteiger partial charge < -0.3 is 19.3 Å². The molecule has 1 aliphatic rings. The average molecular weight is 162 g/mol. The molecule has 1 N–H and O–H groups in total. The van der Waals surface area contributed by atoms with Gasteiger partial charge in [-0.2, -0.15) is 0 Å². The summed E-state index contributed by atoms with van der Waals surface area (Å²) < 4.78 is 14.6. The highest BCUT2D eigenvalue weighted by Gasteiger charge is 2.30. The van der Waals surface area contributed by atoms with Crippen LogP contribution in [-0.2, 0) is 19.0 Å². The van der Waals surface area contributed by atoms with Crippen molar-refractivity contribution in [1.29, 1.82) is 0 Å². The fourth-order valence-corrected chi connectivity index (χ4v) is 0.809. The van der Waals surface area contributed by atoms with E-state index in [4.69, 9.17) is 19.3 Å². The summed E-state index contributed by atoms with van der Waals surface area (Å²) >= 11 is 0. The van der Waals surface area contributed by atoms with Crippen LogP contribution in [0.1, 0.15) is 0 Å². The van der Waals surface area contributed by atoms with Crippen LogP contribution >= 0.6 is 0 Å². The summed E-state index contributed by atoms with van der Waals surface area (Å²) in [7, 11) is 1.50. The van der Waals surface area contributed by atoms with E-state index in [0.29, 0.717) is 0 Å². The molecule has 11 heavy (non-hydrogen) atoms. The quantitative estimate of drug-likeness (QED) is 0.603. The van der Waals surface area contributed by atoms with Crippen LogP contribution in [-0.4, -0.2) is 43.8 Å². The topological polar surface area (TPSA) is 65.0 Å². The predicted molar refractivity (Wildman–Crippen MR) is 34.1 cm³/mol. The molecule has 0 saturated carbocycles. The number of hydrogen-bond donors (Lipinski definition) is 1. The van der Waals surface area contributed by atoms with Gasteiger partial charge in [0.1, 0.15) is 0 Å². The molecule has 0 aromatic heterocycles. The number of hydrogen-bond acceptors (Lipinski definition) is 4. The Labute approximate surface area is 63.9 Å². The van der Waals surface area contributed by atoms with Gasteiger partial charge in [-0.1, -0.05) is 0 Å². The monoisotopic (exact) mass is 162 g/mol. The molecule has 2 atom stereocenters. The largest absolute Gasteiger partial charge is 0.479 e. The Morgan fingerprint density at radius 2 is 2.55 bits per heavy atom. The Balaban J connectivity index is 2.29. The first-order valence-electron chi connectivity index (χ1n) is 3.23. The van der Waals surface area contributed by atoms with E-state index in [9.17, 15) is 4.79 Å². The van der Waals surface area contributed by atoms with Gasteiger partial charge in [0.25, 0.3) is 0 Å². The second kappa shape index (κ2) is 3.66. The van der Waals surface area contributed by atoms with Crippen molar-refractivity contribution in [2.45, 2.75) is 12.4 Å². The third kappa shape index (κ3) is 2.14. The number of carbonyl (C=O) groups is 1. The predicted octanol–water partition coefficient (Wildman–Crippen LogP) is -0.541. The summed E-state index contributed by atoms with van der Waals surface area (Å²) in [5.41, 5.74) is 0. The van der Waals surface area contributed by atoms with Crippen molar-refractivity contribution >= 4 is 5.97 Å². The Morgan fingerprint density at radius 1 is 1.82 bits per heavy atom. The molecule has 1 fully saturated rings. The molecule has 0 amide bonds. The highest BCUT2D eigenvalue weighted by molar-refractivity contribution is 5.72. The van der Waals surface area contributed by atoms with E-state index < -0.39 is 18.4 Å². The van der Waals surface area contributed by atoms with Gasteiger partial charge in [0.15, 0.2) is 12.4 Å². The fourth-order valence-electron chi connectivity index (χ4n) is 0.809. The molecule has 0 spiro atoms. The first-order chi connectivity index (χ1) is 5.24. The number of carboxylic acids is 1. The van der Waals surface area contributed by atoms with Gasteiger partial charge in [-0.25, -0.2) is 4.79 Å². The molecule has 64 valence electrons. The lowest BCUT2D eigenvalue weighted by Crippen LogP contribution is -2.23. The molecule has 0 unspecified atom stereocenters. The third-order valence-corrected chi connectivity index (χ3v) is 1.33. The Bertz CT molecular complexity index is 146. The van der Waals surface area contributed by atoms with E-state index in [1.165, 1.54) is 7.11 Å². The van der Waals surface area contributed by atoms with Gasteiger partial charge in [0.2, 0.25) is 0 Å². The SMILES string of the molecule is COC[C@@H]1OC[C@@H](C(=O)O)O1. The molecule has 0 aliphatic carbocycles. The zero-order valence-electron chi connectivity index (χ0n) is 6.15. The minimum absolute atomic E-state index is 0.101. The maximum atomic E-state index is 10.3. The first kappa shape index (κ1) is 8.45. The van der Waals surface area contributed by atoms with Crippen LogP contribution in [0, 0.1) is 0 Å². The zero-order valence-corrected chi connectivity index (χ0v) is 6.15. The molecule has 0 bridgehead atoms. The van der Waals surface area contributed by atoms with Gasteiger partial charge >= 0.3 is 5.97 Å². The van der Waals surface area contributed by atoms with Crippen molar-refractivity contribution in [3.63, 3.8) is 0 Å². The zero-order chi connectivity index (χ0) is 8.27. The smallest absolute Gasteiger partial charge is 0.335 e. The molecular formula is C6H10O5. The summed E-state index contributed by atoms with van der Waals surface area (Å²) in [6.07, 6.45) is -1.36. The van der Waals surface area contributed by atoms with Crippen LogP contribution in [0.15, 0.2) is 0 Å². The van der Waals surface area contributed by atoms with Gasteiger partial charge in [-0.15, -0.1) is 0 Å². The van der Waals surface area contributed by atoms with E-state index in [0.717, 1.165) is 0 Å². The molecule has 1 heterocycles. The van der Waals surface area contributed by atoms with Crippen molar-refractivity contribution in [3.8, 4) is 0 Å². The van der Waals surface area contributed by atoms with Crippen LogP contribution in [0.3, 0.4) is 0 Å². The van der Waals surface area contributed by atoms with Crippen LogP contribution < -0.4 is 0 Å². The molecule has 0 radical (unpaired) electrons. The number of methoxy groups -OCH3 is 1. The van der Waals surface area contributed by atoms with E-state index in [2.05, 4.69) is 0 Å². The lowest BCUT2D eigenvalue weighted by molar-refractivity contribution is -0.153. The molecule has 1 saturated heterocycles. The molecule has 5 heteroatoms. The molecule has 0 aromatic rings. The van der Waals surface area contributed by atoms with Crippen molar-refractivity contribution in [2.24, 2.45) is 0 Å². The van der Waals surface area contributed by atoms with Crippen molar-refractivity contribution in [3.05, 3.63) is 0 Å². The summed E-state index contributed by atoms with van der Waals surface area (Å²) in [5.74, 6) is -0.997. The van der Waals surface area contributed by atoms with E-state index in [1.807, 2.05) is 0 Å². The molecule has 1 rings (SSSR count). The van der Waals surface area contributed by atoms with Crippen molar-refractivity contribution < 1.29 is 24.1 Å². The maximum Gasteiger partial charge on any atom is 0.335 e. The first-order valence-corrected chi connectivity index (χ1v) is 3.23. The molecular weight excluding hydrogens is 152 g/mol. The van der Waals surface area contributed by atoms with Crippen LogP contribution in [0.5, 0.6) is 0 Å². The average Bonchev–Trinajstić information content (AvgIpc) is 2.37. The third-order valence-electron chi connectivity index (χ3n) is 1.33. The summed E-state index contributed by atoms with van der Waals surface area (Å²) in [5, 5.41) is 8.45. The van der Waals surface area contributed by atoms with E-state index >= 15 is 0 Å². The van der Waals surface area contributed by atoms with Gasteiger partial charge in [-0.05, 0) is 0 Å². The fraction of sp³-hybridized carbons (Fsp3) is 0.833.